The number of hydrogen-bond acceptors (Lipinski definition) is 6. The van der Waals surface area contributed by atoms with E-state index in [1.807, 2.05) is 13.0 Å². The summed E-state index contributed by atoms with van der Waals surface area (Å²) in [5.74, 6) is -0.186. The number of aromatic nitrogens is 4. The lowest BCUT2D eigenvalue weighted by molar-refractivity contribution is -0.129. The SMILES string of the molecule is CNC(=O)[C@]1(C)CC[C@@H](Nc2ncc3c(Br)nn(-c4cc(Cl)c(F)c(CC#N)c4)c3n2)C1. The molecule has 1 aliphatic carbocycles. The summed E-state index contributed by atoms with van der Waals surface area (Å²) in [5, 5.41) is 20.1. The van der Waals surface area contributed by atoms with Crippen LogP contribution >= 0.6 is 27.5 Å². The van der Waals surface area contributed by atoms with Crippen LogP contribution in [0.2, 0.25) is 5.02 Å². The summed E-state index contributed by atoms with van der Waals surface area (Å²) in [6.45, 7) is 1.96. The molecule has 0 spiro atoms. The van der Waals surface area contributed by atoms with E-state index in [0.29, 0.717) is 33.7 Å². The highest BCUT2D eigenvalue weighted by molar-refractivity contribution is 9.10. The lowest BCUT2D eigenvalue weighted by Crippen LogP contribution is -2.35. The average molecular weight is 521 g/mol. The summed E-state index contributed by atoms with van der Waals surface area (Å²) in [6.07, 6.45) is 3.78. The third kappa shape index (κ3) is 4.02. The Bertz CT molecular complexity index is 1260. The Labute approximate surface area is 197 Å². The number of carbonyl (C=O) groups is 1. The van der Waals surface area contributed by atoms with E-state index >= 15 is 0 Å². The van der Waals surface area contributed by atoms with E-state index in [1.165, 1.54) is 16.8 Å². The second-order valence-electron chi connectivity index (χ2n) is 8.09. The molecular weight excluding hydrogens is 501 g/mol. The van der Waals surface area contributed by atoms with Crippen molar-refractivity contribution in [2.75, 3.05) is 12.4 Å². The number of halogens is 3. The molecule has 1 fully saturated rings. The first kappa shape index (κ1) is 22.4. The number of benzene rings is 1. The predicted octanol–water partition coefficient (Wildman–Crippen LogP) is 4.15. The molecule has 1 aromatic carbocycles. The van der Waals surface area contributed by atoms with Gasteiger partial charge in [0.25, 0.3) is 0 Å². The summed E-state index contributed by atoms with van der Waals surface area (Å²) in [7, 11) is 1.65. The monoisotopic (exact) mass is 519 g/mol. The molecule has 2 N–H and O–H groups in total. The highest BCUT2D eigenvalue weighted by atomic mass is 79.9. The van der Waals surface area contributed by atoms with Gasteiger partial charge in [-0.2, -0.15) is 15.3 Å². The minimum Gasteiger partial charge on any atom is -0.359 e. The van der Waals surface area contributed by atoms with E-state index in [-0.39, 0.29) is 29.0 Å². The van der Waals surface area contributed by atoms with E-state index in [1.54, 1.807) is 13.2 Å². The molecule has 3 aromatic rings. The quantitative estimate of drug-likeness (QED) is 0.523. The van der Waals surface area contributed by atoms with Gasteiger partial charge in [-0.05, 0) is 47.3 Å². The Hall–Kier alpha value is -2.77. The maximum absolute atomic E-state index is 14.3. The molecule has 2 atom stereocenters. The van der Waals surface area contributed by atoms with Crippen LogP contribution in [-0.2, 0) is 11.2 Å². The molecule has 0 bridgehead atoms. The molecule has 1 saturated carbocycles. The van der Waals surface area contributed by atoms with Crippen molar-refractivity contribution in [2.24, 2.45) is 5.41 Å². The van der Waals surface area contributed by atoms with Crippen molar-refractivity contribution in [3.63, 3.8) is 0 Å². The number of nitrogens with zero attached hydrogens (tertiary/aromatic N) is 5. The largest absolute Gasteiger partial charge is 0.359 e. The van der Waals surface area contributed by atoms with Gasteiger partial charge in [0.1, 0.15) is 10.4 Å². The Morgan fingerprint density at radius 3 is 3.00 bits per heavy atom. The summed E-state index contributed by atoms with van der Waals surface area (Å²) >= 11 is 9.47. The van der Waals surface area contributed by atoms with Crippen LogP contribution in [-0.4, -0.2) is 38.7 Å². The predicted molar refractivity (Wildman–Crippen MR) is 122 cm³/mol. The van der Waals surface area contributed by atoms with Gasteiger partial charge < -0.3 is 10.6 Å². The van der Waals surface area contributed by atoms with Crippen molar-refractivity contribution in [1.82, 2.24) is 25.1 Å². The second kappa shape index (κ2) is 8.64. The number of nitriles is 1. The first-order chi connectivity index (χ1) is 15.3. The van der Waals surface area contributed by atoms with Crippen molar-refractivity contribution in [3.8, 4) is 11.8 Å². The van der Waals surface area contributed by atoms with Crippen LogP contribution in [0, 0.1) is 22.6 Å². The normalized spacial score (nSPS) is 20.3. The fraction of sp³-hybridized carbons (Fsp3) is 0.381. The molecule has 0 aliphatic heterocycles. The maximum atomic E-state index is 14.3. The molecule has 32 heavy (non-hydrogen) atoms. The van der Waals surface area contributed by atoms with Gasteiger partial charge in [-0.3, -0.25) is 4.79 Å². The topological polar surface area (TPSA) is 109 Å². The van der Waals surface area contributed by atoms with Gasteiger partial charge in [0.2, 0.25) is 11.9 Å². The number of anilines is 1. The van der Waals surface area contributed by atoms with Crippen LogP contribution in [0.5, 0.6) is 0 Å². The first-order valence-corrected chi connectivity index (χ1v) is 11.2. The van der Waals surface area contributed by atoms with Crippen molar-refractivity contribution >= 4 is 50.4 Å². The molecule has 2 heterocycles. The Balaban J connectivity index is 1.68. The van der Waals surface area contributed by atoms with Gasteiger partial charge >= 0.3 is 0 Å². The van der Waals surface area contributed by atoms with Gasteiger partial charge in [0.15, 0.2) is 5.65 Å². The van der Waals surface area contributed by atoms with Gasteiger partial charge in [-0.25, -0.2) is 14.1 Å². The Morgan fingerprint density at radius 2 is 2.28 bits per heavy atom. The average Bonchev–Trinajstić information content (AvgIpc) is 3.31. The van der Waals surface area contributed by atoms with E-state index in [0.717, 1.165) is 12.8 Å². The smallest absolute Gasteiger partial charge is 0.225 e. The van der Waals surface area contributed by atoms with Crippen LogP contribution in [0.4, 0.5) is 10.3 Å². The Kier molecular flexibility index (Phi) is 6.05. The van der Waals surface area contributed by atoms with Crippen LogP contribution in [0.25, 0.3) is 16.7 Å². The number of amides is 1. The molecule has 4 rings (SSSR count). The zero-order chi connectivity index (χ0) is 23.0. The molecule has 8 nitrogen and oxygen atoms in total. The third-order valence-electron chi connectivity index (χ3n) is 5.83. The lowest BCUT2D eigenvalue weighted by Gasteiger charge is -2.22. The second-order valence-corrected chi connectivity index (χ2v) is 9.25. The molecule has 11 heteroatoms. The number of hydrogen-bond donors (Lipinski definition) is 2. The standard InChI is InChI=1S/C21H20BrClFN7O/c1-21(19(32)26-2)5-3-12(9-21)28-20-27-10-14-17(22)30-31(18(14)29-20)13-7-11(4-6-25)16(24)15(23)8-13/h7-8,10,12H,3-5,9H2,1-2H3,(H,26,32)(H,27,28,29)/t12-,21-/m1/s1. The summed E-state index contributed by atoms with van der Waals surface area (Å²) in [6, 6.07) is 4.97. The molecule has 2 aromatic heterocycles. The fourth-order valence-corrected chi connectivity index (χ4v) is 4.81. The minimum absolute atomic E-state index is 0.0292. The number of nitrogens with one attached hydrogen (secondary N) is 2. The minimum atomic E-state index is -0.620. The summed E-state index contributed by atoms with van der Waals surface area (Å²) in [5.41, 5.74) is 0.729. The summed E-state index contributed by atoms with van der Waals surface area (Å²) < 4.78 is 16.3. The fourth-order valence-electron chi connectivity index (χ4n) is 4.14. The van der Waals surface area contributed by atoms with Crippen molar-refractivity contribution in [2.45, 2.75) is 38.6 Å². The van der Waals surface area contributed by atoms with E-state index in [2.05, 4.69) is 41.6 Å². The molecule has 166 valence electrons. The van der Waals surface area contributed by atoms with Gasteiger partial charge in [0, 0.05) is 30.3 Å². The molecule has 0 radical (unpaired) electrons. The van der Waals surface area contributed by atoms with Crippen LogP contribution in [0.1, 0.15) is 31.7 Å². The molecular formula is C21H20BrClFN7O. The highest BCUT2D eigenvalue weighted by Gasteiger charge is 2.41. The van der Waals surface area contributed by atoms with Gasteiger partial charge in [-0.15, -0.1) is 0 Å². The molecule has 1 amide bonds. The number of rotatable bonds is 5. The van der Waals surface area contributed by atoms with E-state index in [4.69, 9.17) is 16.9 Å². The van der Waals surface area contributed by atoms with Crippen LogP contribution in [0.3, 0.4) is 0 Å². The van der Waals surface area contributed by atoms with Crippen LogP contribution < -0.4 is 10.6 Å². The van der Waals surface area contributed by atoms with Crippen molar-refractivity contribution < 1.29 is 9.18 Å². The lowest BCUT2D eigenvalue weighted by atomic mass is 9.87. The molecule has 0 saturated heterocycles. The number of carbonyl (C=O) groups excluding carboxylic acids is 1. The van der Waals surface area contributed by atoms with Crippen molar-refractivity contribution in [3.05, 3.63) is 39.3 Å². The number of fused-ring (bicyclic) bond motifs is 1. The van der Waals surface area contributed by atoms with Crippen molar-refractivity contribution in [1.29, 1.82) is 5.26 Å². The zero-order valence-electron chi connectivity index (χ0n) is 17.4. The molecule has 1 aliphatic rings. The highest BCUT2D eigenvalue weighted by Crippen LogP contribution is 2.39. The Morgan fingerprint density at radius 1 is 1.50 bits per heavy atom. The third-order valence-corrected chi connectivity index (χ3v) is 6.69. The first-order valence-electron chi connectivity index (χ1n) is 10.0. The van der Waals surface area contributed by atoms with Gasteiger partial charge in [-0.1, -0.05) is 18.5 Å². The maximum Gasteiger partial charge on any atom is 0.225 e. The zero-order valence-corrected chi connectivity index (χ0v) is 19.8. The summed E-state index contributed by atoms with van der Waals surface area (Å²) in [4.78, 5) is 21.2. The molecule has 0 unspecified atom stereocenters. The van der Waals surface area contributed by atoms with Crippen LogP contribution in [0.15, 0.2) is 22.9 Å². The van der Waals surface area contributed by atoms with E-state index < -0.39 is 11.2 Å². The van der Waals surface area contributed by atoms with Gasteiger partial charge in [0.05, 0.1) is 28.6 Å². The van der Waals surface area contributed by atoms with E-state index in [9.17, 15) is 9.18 Å².